The zero-order valence-corrected chi connectivity index (χ0v) is 13.0. The van der Waals surface area contributed by atoms with Crippen LogP contribution in [0, 0.1) is 0 Å². The first-order valence-electron chi connectivity index (χ1n) is 6.50. The average Bonchev–Trinajstić information content (AvgIpc) is 2.52. The summed E-state index contributed by atoms with van der Waals surface area (Å²) in [5, 5.41) is 11.6. The standard InChI is InChI=1S/C15H16BrN3O2/c16-14-10-12(3-4-13(14)15(17)19-20)21-9-1-2-11-5-7-18-8-6-11/h3-8,10,20H,1-2,9H2,(H2,17,19). The molecule has 0 saturated carbocycles. The van der Waals surface area contributed by atoms with E-state index in [4.69, 9.17) is 15.7 Å². The predicted molar refractivity (Wildman–Crippen MR) is 84.7 cm³/mol. The highest BCUT2D eigenvalue weighted by Crippen LogP contribution is 2.23. The fourth-order valence-electron chi connectivity index (χ4n) is 1.86. The molecule has 2 aromatic rings. The van der Waals surface area contributed by atoms with Crippen LogP contribution in [0.25, 0.3) is 0 Å². The lowest BCUT2D eigenvalue weighted by atomic mass is 10.1. The Kier molecular flexibility index (Phi) is 5.57. The van der Waals surface area contributed by atoms with Gasteiger partial charge in [-0.15, -0.1) is 0 Å². The van der Waals surface area contributed by atoms with Crippen LogP contribution < -0.4 is 10.5 Å². The number of rotatable bonds is 6. The Morgan fingerprint density at radius 2 is 2.05 bits per heavy atom. The number of benzene rings is 1. The third-order valence-electron chi connectivity index (χ3n) is 2.95. The van der Waals surface area contributed by atoms with Gasteiger partial charge in [0.05, 0.1) is 6.61 Å². The van der Waals surface area contributed by atoms with Gasteiger partial charge in [0.15, 0.2) is 5.84 Å². The van der Waals surface area contributed by atoms with Crippen molar-refractivity contribution in [3.8, 4) is 5.75 Å². The Balaban J connectivity index is 1.85. The minimum atomic E-state index is 0.0612. The van der Waals surface area contributed by atoms with Crippen LogP contribution in [0.1, 0.15) is 17.5 Å². The molecule has 0 aliphatic rings. The molecule has 1 aromatic carbocycles. The van der Waals surface area contributed by atoms with Crippen molar-refractivity contribution >= 4 is 21.8 Å². The van der Waals surface area contributed by atoms with Crippen LogP contribution in [0.4, 0.5) is 0 Å². The van der Waals surface area contributed by atoms with E-state index in [2.05, 4.69) is 26.1 Å². The third kappa shape index (κ3) is 4.46. The molecule has 0 spiro atoms. The van der Waals surface area contributed by atoms with E-state index in [1.165, 1.54) is 5.56 Å². The maximum atomic E-state index is 8.67. The molecule has 0 saturated heterocycles. The monoisotopic (exact) mass is 349 g/mol. The summed E-state index contributed by atoms with van der Waals surface area (Å²) in [6.07, 6.45) is 5.45. The van der Waals surface area contributed by atoms with Crippen molar-refractivity contribution in [1.29, 1.82) is 0 Å². The molecule has 0 fully saturated rings. The van der Waals surface area contributed by atoms with E-state index in [1.54, 1.807) is 30.6 Å². The van der Waals surface area contributed by atoms with Crippen LogP contribution in [0.15, 0.2) is 52.4 Å². The molecular weight excluding hydrogens is 334 g/mol. The second-order valence-electron chi connectivity index (χ2n) is 4.43. The quantitative estimate of drug-likeness (QED) is 0.276. The van der Waals surface area contributed by atoms with E-state index in [0.29, 0.717) is 12.2 Å². The number of amidine groups is 1. The average molecular weight is 350 g/mol. The number of aryl methyl sites for hydroxylation is 1. The molecule has 110 valence electrons. The summed E-state index contributed by atoms with van der Waals surface area (Å²) in [4.78, 5) is 3.99. The molecule has 5 nitrogen and oxygen atoms in total. The SMILES string of the molecule is N/C(=N/O)c1ccc(OCCCc2ccncc2)cc1Br. The summed E-state index contributed by atoms with van der Waals surface area (Å²) in [7, 11) is 0. The number of aromatic nitrogens is 1. The lowest BCUT2D eigenvalue weighted by Crippen LogP contribution is -2.13. The molecule has 21 heavy (non-hydrogen) atoms. The molecule has 0 unspecified atom stereocenters. The minimum Gasteiger partial charge on any atom is -0.494 e. The van der Waals surface area contributed by atoms with Crippen molar-refractivity contribution < 1.29 is 9.94 Å². The summed E-state index contributed by atoms with van der Waals surface area (Å²) >= 11 is 3.38. The van der Waals surface area contributed by atoms with E-state index < -0.39 is 0 Å². The number of hydrogen-bond donors (Lipinski definition) is 2. The number of nitrogens with zero attached hydrogens (tertiary/aromatic N) is 2. The Bertz CT molecular complexity index is 618. The van der Waals surface area contributed by atoms with Gasteiger partial charge in [-0.05, 0) is 64.7 Å². The summed E-state index contributed by atoms with van der Waals surface area (Å²) in [6.45, 7) is 0.623. The second kappa shape index (κ2) is 7.64. The second-order valence-corrected chi connectivity index (χ2v) is 5.29. The zero-order valence-electron chi connectivity index (χ0n) is 11.4. The topological polar surface area (TPSA) is 80.7 Å². The molecule has 3 N–H and O–H groups in total. The van der Waals surface area contributed by atoms with E-state index >= 15 is 0 Å². The molecule has 0 amide bonds. The largest absolute Gasteiger partial charge is 0.494 e. The maximum Gasteiger partial charge on any atom is 0.171 e. The smallest absolute Gasteiger partial charge is 0.171 e. The number of oxime groups is 1. The first kappa shape index (κ1) is 15.3. The Labute approximate surface area is 131 Å². The fraction of sp³-hybridized carbons (Fsp3) is 0.200. The molecule has 0 aliphatic carbocycles. The number of nitrogens with two attached hydrogens (primary N) is 1. The Morgan fingerprint density at radius 3 is 2.71 bits per heavy atom. The van der Waals surface area contributed by atoms with Gasteiger partial charge in [-0.3, -0.25) is 4.98 Å². The van der Waals surface area contributed by atoms with Crippen molar-refractivity contribution in [2.45, 2.75) is 12.8 Å². The number of halogens is 1. The summed E-state index contributed by atoms with van der Waals surface area (Å²) in [5.74, 6) is 0.803. The highest BCUT2D eigenvalue weighted by molar-refractivity contribution is 9.10. The van der Waals surface area contributed by atoms with E-state index in [0.717, 1.165) is 23.1 Å². The van der Waals surface area contributed by atoms with Crippen molar-refractivity contribution in [3.63, 3.8) is 0 Å². The summed E-state index contributed by atoms with van der Waals surface area (Å²) in [5.41, 5.74) is 7.43. The molecule has 1 aromatic heterocycles. The van der Waals surface area contributed by atoms with Gasteiger partial charge in [-0.1, -0.05) is 5.16 Å². The van der Waals surface area contributed by atoms with Gasteiger partial charge in [0, 0.05) is 22.4 Å². The van der Waals surface area contributed by atoms with Crippen molar-refractivity contribution in [1.82, 2.24) is 4.98 Å². The molecule has 6 heteroatoms. The fourth-order valence-corrected chi connectivity index (χ4v) is 2.42. The lowest BCUT2D eigenvalue weighted by molar-refractivity contribution is 0.310. The van der Waals surface area contributed by atoms with Gasteiger partial charge in [-0.2, -0.15) is 0 Å². The molecular formula is C15H16BrN3O2. The van der Waals surface area contributed by atoms with Crippen LogP contribution >= 0.6 is 15.9 Å². The number of ether oxygens (including phenoxy) is 1. The van der Waals surface area contributed by atoms with Gasteiger partial charge in [0.25, 0.3) is 0 Å². The van der Waals surface area contributed by atoms with E-state index in [-0.39, 0.29) is 5.84 Å². The van der Waals surface area contributed by atoms with E-state index in [1.807, 2.05) is 12.1 Å². The summed E-state index contributed by atoms with van der Waals surface area (Å²) < 4.78 is 6.41. The zero-order chi connectivity index (χ0) is 15.1. The van der Waals surface area contributed by atoms with Gasteiger partial charge >= 0.3 is 0 Å². The number of hydrogen-bond acceptors (Lipinski definition) is 4. The van der Waals surface area contributed by atoms with Crippen LogP contribution in [0.2, 0.25) is 0 Å². The van der Waals surface area contributed by atoms with Crippen molar-refractivity contribution in [3.05, 3.63) is 58.3 Å². The molecule has 2 rings (SSSR count). The Hall–Kier alpha value is -2.08. The van der Waals surface area contributed by atoms with Crippen LogP contribution in [0.3, 0.4) is 0 Å². The third-order valence-corrected chi connectivity index (χ3v) is 3.61. The minimum absolute atomic E-state index is 0.0612. The molecule has 0 aliphatic heterocycles. The molecule has 0 bridgehead atoms. The maximum absolute atomic E-state index is 8.67. The van der Waals surface area contributed by atoms with Gasteiger partial charge < -0.3 is 15.7 Å². The first-order chi connectivity index (χ1) is 10.2. The first-order valence-corrected chi connectivity index (χ1v) is 7.29. The molecule has 1 heterocycles. The van der Waals surface area contributed by atoms with Crippen molar-refractivity contribution in [2.75, 3.05) is 6.61 Å². The van der Waals surface area contributed by atoms with Crippen LogP contribution in [-0.2, 0) is 6.42 Å². The molecule has 0 radical (unpaired) electrons. The predicted octanol–water partition coefficient (Wildman–Crippen LogP) is 2.95. The van der Waals surface area contributed by atoms with Crippen molar-refractivity contribution in [2.24, 2.45) is 10.9 Å². The van der Waals surface area contributed by atoms with Gasteiger partial charge in [-0.25, -0.2) is 0 Å². The highest BCUT2D eigenvalue weighted by atomic mass is 79.9. The number of pyridine rings is 1. The lowest BCUT2D eigenvalue weighted by Gasteiger charge is -2.08. The normalized spacial score (nSPS) is 11.4. The Morgan fingerprint density at radius 1 is 1.29 bits per heavy atom. The van der Waals surface area contributed by atoms with E-state index in [9.17, 15) is 0 Å². The van der Waals surface area contributed by atoms with Crippen LogP contribution in [0.5, 0.6) is 5.75 Å². The summed E-state index contributed by atoms with van der Waals surface area (Å²) in [6, 6.07) is 9.35. The van der Waals surface area contributed by atoms with Crippen LogP contribution in [-0.4, -0.2) is 22.6 Å². The van der Waals surface area contributed by atoms with Gasteiger partial charge in [0.2, 0.25) is 0 Å². The van der Waals surface area contributed by atoms with Gasteiger partial charge in [0.1, 0.15) is 5.75 Å². The highest BCUT2D eigenvalue weighted by Gasteiger charge is 2.06. The molecule has 0 atom stereocenters.